The number of carbonyl (C=O) groups excluding carboxylic acids is 1. The summed E-state index contributed by atoms with van der Waals surface area (Å²) in [4.78, 5) is 15.4. The van der Waals surface area contributed by atoms with Gasteiger partial charge in [0, 0.05) is 25.6 Å². The molecular weight excluding hydrogens is 216 g/mol. The maximum absolute atomic E-state index is 11.9. The van der Waals surface area contributed by atoms with Gasteiger partial charge in [-0.3, -0.25) is 0 Å². The van der Waals surface area contributed by atoms with Gasteiger partial charge in [0.25, 0.3) is 6.35 Å². The first-order valence-corrected chi connectivity index (χ1v) is 5.28. The third kappa shape index (κ3) is 2.30. The number of esters is 1. The lowest BCUT2D eigenvalue weighted by Gasteiger charge is -2.26. The van der Waals surface area contributed by atoms with E-state index in [1.165, 1.54) is 0 Å². The second kappa shape index (κ2) is 4.74. The van der Waals surface area contributed by atoms with Gasteiger partial charge < -0.3 is 14.5 Å². The molecular formula is C13H14N2O2. The van der Waals surface area contributed by atoms with Crippen molar-refractivity contribution in [3.05, 3.63) is 61.1 Å². The number of hydrogen-bond acceptors (Lipinski definition) is 4. The van der Waals surface area contributed by atoms with Crippen molar-refractivity contribution in [3.63, 3.8) is 0 Å². The summed E-state index contributed by atoms with van der Waals surface area (Å²) in [6.45, 7) is 3.66. The molecule has 0 aliphatic carbocycles. The van der Waals surface area contributed by atoms with Crippen LogP contribution in [0.25, 0.3) is 0 Å². The second-order valence-corrected chi connectivity index (χ2v) is 3.69. The van der Waals surface area contributed by atoms with Crippen molar-refractivity contribution < 1.29 is 9.53 Å². The topological polar surface area (TPSA) is 32.8 Å². The predicted molar refractivity (Wildman–Crippen MR) is 64.6 cm³/mol. The van der Waals surface area contributed by atoms with Crippen LogP contribution in [-0.4, -0.2) is 29.2 Å². The maximum Gasteiger partial charge on any atom is 0.341 e. The fourth-order valence-corrected chi connectivity index (χ4v) is 1.57. The maximum atomic E-state index is 11.9. The standard InChI is InChI=1S/C13H14N2O2/c1-3-15-10-9-14(2)13(15)17-12(16)11-7-5-4-6-8-11/h3-10,13H,1H2,2H3. The van der Waals surface area contributed by atoms with Gasteiger partial charge in [0.1, 0.15) is 0 Å². The molecule has 88 valence electrons. The van der Waals surface area contributed by atoms with Crippen LogP contribution in [0.15, 0.2) is 55.5 Å². The Balaban J connectivity index is 2.07. The zero-order valence-electron chi connectivity index (χ0n) is 9.61. The van der Waals surface area contributed by atoms with Crippen LogP contribution in [0.4, 0.5) is 0 Å². The number of ether oxygens (including phenoxy) is 1. The van der Waals surface area contributed by atoms with E-state index in [1.807, 2.05) is 19.3 Å². The van der Waals surface area contributed by atoms with Crippen molar-refractivity contribution in [2.75, 3.05) is 7.05 Å². The quantitative estimate of drug-likeness (QED) is 0.743. The Labute approximate surface area is 100 Å². The third-order valence-electron chi connectivity index (χ3n) is 2.51. The summed E-state index contributed by atoms with van der Waals surface area (Å²) in [6, 6.07) is 8.92. The minimum absolute atomic E-state index is 0.349. The summed E-state index contributed by atoms with van der Waals surface area (Å²) in [7, 11) is 1.84. The summed E-state index contributed by atoms with van der Waals surface area (Å²) in [5.74, 6) is -0.349. The molecule has 0 spiro atoms. The van der Waals surface area contributed by atoms with Gasteiger partial charge in [0.05, 0.1) is 5.56 Å². The van der Waals surface area contributed by atoms with Crippen LogP contribution in [0.3, 0.4) is 0 Å². The van der Waals surface area contributed by atoms with Crippen LogP contribution in [0.5, 0.6) is 0 Å². The lowest BCUT2D eigenvalue weighted by molar-refractivity contribution is -0.0469. The molecule has 4 heteroatoms. The largest absolute Gasteiger partial charge is 0.418 e. The Hall–Kier alpha value is -2.23. The highest BCUT2D eigenvalue weighted by molar-refractivity contribution is 5.89. The zero-order valence-corrected chi connectivity index (χ0v) is 9.61. The van der Waals surface area contributed by atoms with Crippen LogP contribution in [0.2, 0.25) is 0 Å². The lowest BCUT2D eigenvalue weighted by Crippen LogP contribution is -2.37. The van der Waals surface area contributed by atoms with Gasteiger partial charge in [-0.05, 0) is 12.1 Å². The summed E-state index contributed by atoms with van der Waals surface area (Å²) < 4.78 is 5.39. The SMILES string of the molecule is C=CN1C=CN(C)C1OC(=O)c1ccccc1. The van der Waals surface area contributed by atoms with Crippen molar-refractivity contribution in [2.45, 2.75) is 6.35 Å². The van der Waals surface area contributed by atoms with E-state index in [0.717, 1.165) is 0 Å². The van der Waals surface area contributed by atoms with Gasteiger partial charge in [-0.25, -0.2) is 4.79 Å². The highest BCUT2D eigenvalue weighted by atomic mass is 16.6. The average molecular weight is 230 g/mol. The first kappa shape index (κ1) is 11.3. The van der Waals surface area contributed by atoms with E-state index >= 15 is 0 Å². The minimum Gasteiger partial charge on any atom is -0.418 e. The highest BCUT2D eigenvalue weighted by Crippen LogP contribution is 2.16. The first-order chi connectivity index (χ1) is 8.22. The van der Waals surface area contributed by atoms with E-state index < -0.39 is 6.35 Å². The van der Waals surface area contributed by atoms with Crippen molar-refractivity contribution in [3.8, 4) is 0 Å². The molecule has 1 aromatic carbocycles. The predicted octanol–water partition coefficient (Wildman–Crippen LogP) is 1.99. The molecule has 2 rings (SSSR count). The molecule has 0 radical (unpaired) electrons. The number of rotatable bonds is 3. The Kier molecular flexibility index (Phi) is 3.14. The van der Waals surface area contributed by atoms with Crippen molar-refractivity contribution in [2.24, 2.45) is 0 Å². The molecule has 1 aromatic rings. The Morgan fingerprint density at radius 2 is 2.06 bits per heavy atom. The molecule has 0 saturated carbocycles. The third-order valence-corrected chi connectivity index (χ3v) is 2.51. The van der Waals surface area contributed by atoms with Gasteiger partial charge in [0.2, 0.25) is 0 Å². The Morgan fingerprint density at radius 3 is 2.71 bits per heavy atom. The molecule has 4 nitrogen and oxygen atoms in total. The summed E-state index contributed by atoms with van der Waals surface area (Å²) in [5, 5.41) is 0. The molecule has 1 aliphatic rings. The van der Waals surface area contributed by atoms with Gasteiger partial charge in [-0.1, -0.05) is 24.8 Å². The van der Waals surface area contributed by atoms with Crippen LogP contribution < -0.4 is 0 Å². The number of hydrogen-bond donors (Lipinski definition) is 0. The summed E-state index contributed by atoms with van der Waals surface area (Å²) in [5.41, 5.74) is 0.539. The van der Waals surface area contributed by atoms with Crippen molar-refractivity contribution >= 4 is 5.97 Å². The summed E-state index contributed by atoms with van der Waals surface area (Å²) in [6.07, 6.45) is 4.78. The zero-order chi connectivity index (χ0) is 12.3. The molecule has 0 fully saturated rings. The van der Waals surface area contributed by atoms with E-state index in [-0.39, 0.29) is 5.97 Å². The average Bonchev–Trinajstić information content (AvgIpc) is 2.71. The van der Waals surface area contributed by atoms with E-state index in [1.54, 1.807) is 46.5 Å². The van der Waals surface area contributed by atoms with Gasteiger partial charge >= 0.3 is 5.97 Å². The smallest absolute Gasteiger partial charge is 0.341 e. The first-order valence-electron chi connectivity index (χ1n) is 5.28. The molecule has 0 N–H and O–H groups in total. The molecule has 1 heterocycles. The number of benzene rings is 1. The fraction of sp³-hybridized carbons (Fsp3) is 0.154. The van der Waals surface area contributed by atoms with Gasteiger partial charge in [-0.2, -0.15) is 0 Å². The summed E-state index contributed by atoms with van der Waals surface area (Å²) >= 11 is 0. The number of carbonyl (C=O) groups is 1. The molecule has 0 aromatic heterocycles. The molecule has 0 saturated heterocycles. The van der Waals surface area contributed by atoms with E-state index in [9.17, 15) is 4.79 Å². The molecule has 1 aliphatic heterocycles. The second-order valence-electron chi connectivity index (χ2n) is 3.69. The van der Waals surface area contributed by atoms with Crippen LogP contribution >= 0.6 is 0 Å². The Bertz CT molecular complexity index is 442. The Morgan fingerprint density at radius 1 is 1.35 bits per heavy atom. The number of nitrogens with zero attached hydrogens (tertiary/aromatic N) is 2. The molecule has 1 atom stereocenters. The molecule has 0 bridgehead atoms. The molecule has 17 heavy (non-hydrogen) atoms. The lowest BCUT2D eigenvalue weighted by atomic mass is 10.2. The van der Waals surface area contributed by atoms with Crippen molar-refractivity contribution in [1.82, 2.24) is 9.80 Å². The van der Waals surface area contributed by atoms with Gasteiger partial charge in [0.15, 0.2) is 0 Å². The van der Waals surface area contributed by atoms with E-state index in [2.05, 4.69) is 6.58 Å². The monoisotopic (exact) mass is 230 g/mol. The van der Waals surface area contributed by atoms with Crippen molar-refractivity contribution in [1.29, 1.82) is 0 Å². The highest BCUT2D eigenvalue weighted by Gasteiger charge is 2.25. The van der Waals surface area contributed by atoms with Crippen LogP contribution in [0, 0.1) is 0 Å². The minimum atomic E-state index is -0.458. The van der Waals surface area contributed by atoms with Crippen LogP contribution in [0.1, 0.15) is 10.4 Å². The van der Waals surface area contributed by atoms with E-state index in [0.29, 0.717) is 5.56 Å². The normalized spacial score (nSPS) is 18.3. The fourth-order valence-electron chi connectivity index (χ4n) is 1.57. The molecule has 0 amide bonds. The van der Waals surface area contributed by atoms with Crippen LogP contribution in [-0.2, 0) is 4.74 Å². The molecule has 1 unspecified atom stereocenters. The van der Waals surface area contributed by atoms with E-state index in [4.69, 9.17) is 4.74 Å². The van der Waals surface area contributed by atoms with Gasteiger partial charge in [-0.15, -0.1) is 0 Å².